The molecule has 0 atom stereocenters. The molecule has 0 aliphatic heterocycles. The SMILES string of the molecule is O=C(O)CC1(NC(=O)c2cc3c(n(CC4CCCCC4)c2=O)CCCCCC3)CCCCC1. The third kappa shape index (κ3) is 5.88. The average molecular weight is 457 g/mol. The van der Waals surface area contributed by atoms with Gasteiger partial charge in [0.05, 0.1) is 12.0 Å². The molecule has 6 nitrogen and oxygen atoms in total. The van der Waals surface area contributed by atoms with Crippen LogP contribution in [0.4, 0.5) is 0 Å². The Hall–Kier alpha value is -2.11. The fourth-order valence-corrected chi connectivity index (χ4v) is 6.39. The van der Waals surface area contributed by atoms with Crippen molar-refractivity contribution in [3.05, 3.63) is 33.2 Å². The van der Waals surface area contributed by atoms with Gasteiger partial charge >= 0.3 is 5.97 Å². The van der Waals surface area contributed by atoms with Crippen LogP contribution in [0.25, 0.3) is 0 Å². The van der Waals surface area contributed by atoms with Gasteiger partial charge in [-0.2, -0.15) is 0 Å². The third-order valence-electron chi connectivity index (χ3n) is 8.19. The normalized spacial score (nSPS) is 21.5. The first-order valence-electron chi connectivity index (χ1n) is 13.3. The summed E-state index contributed by atoms with van der Waals surface area (Å²) in [6.45, 7) is 0.711. The van der Waals surface area contributed by atoms with Gasteiger partial charge in [-0.25, -0.2) is 0 Å². The fraction of sp³-hybridized carbons (Fsp3) is 0.741. The molecule has 1 aromatic heterocycles. The number of rotatable bonds is 6. The summed E-state index contributed by atoms with van der Waals surface area (Å²) < 4.78 is 1.94. The molecule has 0 saturated heterocycles. The van der Waals surface area contributed by atoms with Crippen LogP contribution in [-0.2, 0) is 24.2 Å². The maximum absolute atomic E-state index is 13.7. The molecule has 0 aromatic carbocycles. The van der Waals surface area contributed by atoms with E-state index in [1.54, 1.807) is 0 Å². The summed E-state index contributed by atoms with van der Waals surface area (Å²) in [5.41, 5.74) is 1.57. The minimum absolute atomic E-state index is 0.0834. The second-order valence-electron chi connectivity index (χ2n) is 10.7. The number of aliphatic carboxylic acids is 1. The summed E-state index contributed by atoms with van der Waals surface area (Å²) in [5, 5.41) is 12.5. The fourth-order valence-electron chi connectivity index (χ4n) is 6.39. The highest BCUT2D eigenvalue weighted by atomic mass is 16.4. The summed E-state index contributed by atoms with van der Waals surface area (Å²) in [4.78, 5) is 38.8. The van der Waals surface area contributed by atoms with E-state index in [1.165, 1.54) is 32.1 Å². The van der Waals surface area contributed by atoms with Crippen LogP contribution in [0.15, 0.2) is 10.9 Å². The van der Waals surface area contributed by atoms with Gasteiger partial charge in [-0.1, -0.05) is 51.4 Å². The lowest BCUT2D eigenvalue weighted by Gasteiger charge is -2.37. The number of hydrogen-bond acceptors (Lipinski definition) is 3. The second kappa shape index (κ2) is 10.9. The Balaban J connectivity index is 1.68. The van der Waals surface area contributed by atoms with Crippen LogP contribution >= 0.6 is 0 Å². The van der Waals surface area contributed by atoms with Crippen molar-refractivity contribution in [1.82, 2.24) is 9.88 Å². The highest BCUT2D eigenvalue weighted by Gasteiger charge is 2.37. The number of nitrogens with one attached hydrogen (secondary N) is 1. The standard InChI is InChI=1S/C27H40N2O4/c30-24(31)18-27(15-9-4-10-16-27)28-25(32)22-17-21-13-7-1-2-8-14-23(21)29(26(22)33)19-20-11-5-3-6-12-20/h17,20H,1-16,18-19H2,(H,28,32)(H,30,31). The van der Waals surface area contributed by atoms with E-state index < -0.39 is 11.5 Å². The lowest BCUT2D eigenvalue weighted by atomic mass is 9.79. The molecule has 0 spiro atoms. The van der Waals surface area contributed by atoms with Crippen LogP contribution < -0.4 is 10.9 Å². The molecule has 2 N–H and O–H groups in total. The first kappa shape index (κ1) is 24.0. The largest absolute Gasteiger partial charge is 0.481 e. The molecule has 1 amide bonds. The van der Waals surface area contributed by atoms with Crippen LogP contribution in [0, 0.1) is 5.92 Å². The van der Waals surface area contributed by atoms with Crippen molar-refractivity contribution in [3.8, 4) is 0 Å². The summed E-state index contributed by atoms with van der Waals surface area (Å²) in [5.74, 6) is -0.781. The summed E-state index contributed by atoms with van der Waals surface area (Å²) in [6, 6.07) is 1.84. The monoisotopic (exact) mass is 456 g/mol. The lowest BCUT2D eigenvalue weighted by Crippen LogP contribution is -2.52. The number of fused-ring (bicyclic) bond motifs is 1. The first-order valence-corrected chi connectivity index (χ1v) is 13.3. The summed E-state index contributed by atoms with van der Waals surface area (Å²) in [7, 11) is 0. The van der Waals surface area contributed by atoms with Crippen LogP contribution in [0.1, 0.15) is 118 Å². The Kier molecular flexibility index (Phi) is 7.92. The number of carboxylic acids is 1. The Morgan fingerprint density at radius 2 is 1.58 bits per heavy atom. The number of amides is 1. The van der Waals surface area contributed by atoms with Gasteiger partial charge in [0.25, 0.3) is 11.5 Å². The first-order chi connectivity index (χ1) is 16.0. The van der Waals surface area contributed by atoms with Gasteiger partial charge in [-0.15, -0.1) is 0 Å². The highest BCUT2D eigenvalue weighted by Crippen LogP contribution is 2.32. The van der Waals surface area contributed by atoms with E-state index in [0.717, 1.165) is 69.0 Å². The molecule has 1 aromatic rings. The molecule has 6 heteroatoms. The molecule has 2 saturated carbocycles. The Bertz CT molecular complexity index is 907. The number of hydrogen-bond donors (Lipinski definition) is 2. The van der Waals surface area contributed by atoms with Gasteiger partial charge in [0.1, 0.15) is 5.56 Å². The van der Waals surface area contributed by atoms with Crippen LogP contribution in [0.3, 0.4) is 0 Å². The Morgan fingerprint density at radius 1 is 0.939 bits per heavy atom. The summed E-state index contributed by atoms with van der Waals surface area (Å²) >= 11 is 0. The number of aryl methyl sites for hydroxylation is 1. The zero-order chi connectivity index (χ0) is 23.3. The number of carboxylic acid groups (broad SMARTS) is 1. The Labute approximate surface area is 197 Å². The van der Waals surface area contributed by atoms with Gasteiger partial charge in [0, 0.05) is 12.2 Å². The van der Waals surface area contributed by atoms with Crippen molar-refractivity contribution < 1.29 is 14.7 Å². The zero-order valence-electron chi connectivity index (χ0n) is 20.0. The molecule has 33 heavy (non-hydrogen) atoms. The van der Waals surface area contributed by atoms with Gasteiger partial charge in [0.15, 0.2) is 0 Å². The smallest absolute Gasteiger partial charge is 0.305 e. The predicted octanol–water partition coefficient (Wildman–Crippen LogP) is 5.00. The van der Waals surface area contributed by atoms with E-state index in [1.807, 2.05) is 10.6 Å². The third-order valence-corrected chi connectivity index (χ3v) is 8.19. The van der Waals surface area contributed by atoms with Gasteiger partial charge in [-0.05, 0) is 68.9 Å². The van der Waals surface area contributed by atoms with Crippen molar-refractivity contribution >= 4 is 11.9 Å². The van der Waals surface area contributed by atoms with Crippen molar-refractivity contribution in [3.63, 3.8) is 0 Å². The molecule has 1 heterocycles. The summed E-state index contributed by atoms with van der Waals surface area (Å²) in [6.07, 6.45) is 16.5. The van der Waals surface area contributed by atoms with Crippen molar-refractivity contribution in [2.24, 2.45) is 5.92 Å². The Morgan fingerprint density at radius 3 is 2.27 bits per heavy atom. The van der Waals surface area contributed by atoms with Crippen LogP contribution in [-0.4, -0.2) is 27.1 Å². The van der Waals surface area contributed by atoms with E-state index >= 15 is 0 Å². The topological polar surface area (TPSA) is 88.4 Å². The van der Waals surface area contributed by atoms with E-state index in [4.69, 9.17) is 0 Å². The zero-order valence-corrected chi connectivity index (χ0v) is 20.0. The number of carbonyl (C=O) groups excluding carboxylic acids is 1. The average Bonchev–Trinajstić information content (AvgIpc) is 2.77. The molecule has 3 aliphatic rings. The molecular weight excluding hydrogens is 416 g/mol. The van der Waals surface area contributed by atoms with E-state index in [0.29, 0.717) is 25.3 Å². The maximum atomic E-state index is 13.7. The molecule has 0 radical (unpaired) electrons. The molecule has 182 valence electrons. The number of carbonyl (C=O) groups is 2. The van der Waals surface area contributed by atoms with E-state index in [9.17, 15) is 19.5 Å². The van der Waals surface area contributed by atoms with Gasteiger partial charge in [0.2, 0.25) is 0 Å². The number of aromatic nitrogens is 1. The number of nitrogens with zero attached hydrogens (tertiary/aromatic N) is 1. The van der Waals surface area contributed by atoms with Crippen LogP contribution in [0.5, 0.6) is 0 Å². The second-order valence-corrected chi connectivity index (χ2v) is 10.7. The maximum Gasteiger partial charge on any atom is 0.305 e. The number of pyridine rings is 1. The molecular formula is C27H40N2O4. The quantitative estimate of drug-likeness (QED) is 0.631. The van der Waals surface area contributed by atoms with Gasteiger partial charge in [-0.3, -0.25) is 14.4 Å². The molecule has 0 unspecified atom stereocenters. The van der Waals surface area contributed by atoms with Crippen molar-refractivity contribution in [2.75, 3.05) is 0 Å². The predicted molar refractivity (Wildman–Crippen MR) is 129 cm³/mol. The minimum atomic E-state index is -0.898. The van der Waals surface area contributed by atoms with E-state index in [2.05, 4.69) is 5.32 Å². The molecule has 0 bridgehead atoms. The van der Waals surface area contributed by atoms with Crippen LogP contribution in [0.2, 0.25) is 0 Å². The van der Waals surface area contributed by atoms with Crippen molar-refractivity contribution in [1.29, 1.82) is 0 Å². The van der Waals surface area contributed by atoms with Gasteiger partial charge < -0.3 is 15.0 Å². The molecule has 4 rings (SSSR count). The van der Waals surface area contributed by atoms with E-state index in [-0.39, 0.29) is 23.5 Å². The molecule has 2 fully saturated rings. The minimum Gasteiger partial charge on any atom is -0.481 e. The van der Waals surface area contributed by atoms with Crippen molar-refractivity contribution in [2.45, 2.75) is 121 Å². The molecule has 3 aliphatic carbocycles. The highest BCUT2D eigenvalue weighted by molar-refractivity contribution is 5.95. The lowest BCUT2D eigenvalue weighted by molar-refractivity contribution is -0.139.